The largest absolute Gasteiger partial charge is 0.495 e. The molecule has 0 fully saturated rings. The molecule has 0 bridgehead atoms. The Morgan fingerprint density at radius 3 is 2.26 bits per heavy atom. The number of carbonyl (C=O) groups excluding carboxylic acids is 1. The molecule has 0 spiro atoms. The van der Waals surface area contributed by atoms with E-state index in [4.69, 9.17) is 25.8 Å². The van der Waals surface area contributed by atoms with E-state index in [0.29, 0.717) is 34.4 Å². The molecule has 0 radical (unpaired) electrons. The van der Waals surface area contributed by atoms with Gasteiger partial charge in [-0.05, 0) is 17.7 Å². The fourth-order valence-electron chi connectivity index (χ4n) is 2.07. The predicted molar refractivity (Wildman–Crippen MR) is 89.7 cm³/mol. The quantitative estimate of drug-likeness (QED) is 0.873. The molecule has 0 aliphatic carbocycles. The molecule has 5 nitrogen and oxygen atoms in total. The van der Waals surface area contributed by atoms with Gasteiger partial charge in [-0.2, -0.15) is 0 Å². The fraction of sp³-hybridized carbons (Fsp3) is 0.235. The zero-order chi connectivity index (χ0) is 16.8. The Kier molecular flexibility index (Phi) is 5.84. The van der Waals surface area contributed by atoms with Crippen LogP contribution in [0.5, 0.6) is 11.5 Å². The first kappa shape index (κ1) is 17.1. The van der Waals surface area contributed by atoms with Crippen molar-refractivity contribution in [1.29, 1.82) is 0 Å². The Labute approximate surface area is 140 Å². The maximum atomic E-state index is 12.4. The highest BCUT2D eigenvalue weighted by atomic mass is 35.5. The van der Waals surface area contributed by atoms with E-state index in [1.54, 1.807) is 31.4 Å². The maximum absolute atomic E-state index is 12.4. The lowest BCUT2D eigenvalue weighted by Crippen LogP contribution is -2.13. The minimum atomic E-state index is -0.253. The minimum absolute atomic E-state index is 0.253. The highest BCUT2D eigenvalue weighted by molar-refractivity contribution is 6.32. The van der Waals surface area contributed by atoms with Gasteiger partial charge in [-0.1, -0.05) is 23.7 Å². The van der Waals surface area contributed by atoms with E-state index in [2.05, 4.69) is 5.32 Å². The molecule has 0 aromatic heterocycles. The highest BCUT2D eigenvalue weighted by Gasteiger charge is 2.13. The van der Waals surface area contributed by atoms with Crippen molar-refractivity contribution in [3.05, 3.63) is 52.5 Å². The molecule has 0 heterocycles. The first-order chi connectivity index (χ1) is 11.1. The summed E-state index contributed by atoms with van der Waals surface area (Å²) in [5.41, 5.74) is 2.01. The molecule has 0 saturated heterocycles. The summed E-state index contributed by atoms with van der Waals surface area (Å²) in [6.07, 6.45) is 0. The van der Waals surface area contributed by atoms with E-state index in [-0.39, 0.29) is 5.91 Å². The summed E-state index contributed by atoms with van der Waals surface area (Å²) >= 11 is 6.05. The van der Waals surface area contributed by atoms with Gasteiger partial charge in [0.25, 0.3) is 5.91 Å². The second-order valence-corrected chi connectivity index (χ2v) is 5.18. The molecule has 0 aliphatic heterocycles. The van der Waals surface area contributed by atoms with Crippen LogP contribution in [0.3, 0.4) is 0 Å². The standard InChI is InChI=1S/C17H18ClNO4/c1-21-10-11-4-6-12(7-5-11)17(20)19-14-9-15(22-2)13(18)8-16(14)23-3/h4-9H,10H2,1-3H3,(H,19,20). The van der Waals surface area contributed by atoms with E-state index < -0.39 is 0 Å². The fourth-order valence-corrected chi connectivity index (χ4v) is 2.30. The number of methoxy groups -OCH3 is 3. The number of benzene rings is 2. The molecule has 6 heteroatoms. The van der Waals surface area contributed by atoms with Gasteiger partial charge in [0.15, 0.2) is 0 Å². The first-order valence-electron chi connectivity index (χ1n) is 6.89. The molecule has 0 atom stereocenters. The van der Waals surface area contributed by atoms with E-state index in [9.17, 15) is 4.79 Å². The normalized spacial score (nSPS) is 10.3. The van der Waals surface area contributed by atoms with Crippen molar-refractivity contribution < 1.29 is 19.0 Å². The molecule has 0 saturated carbocycles. The number of ether oxygens (including phenoxy) is 3. The molecule has 1 N–H and O–H groups in total. The Morgan fingerprint density at radius 2 is 1.70 bits per heavy atom. The Bertz CT molecular complexity index is 686. The molecule has 0 unspecified atom stereocenters. The van der Waals surface area contributed by atoms with Crippen molar-refractivity contribution in [1.82, 2.24) is 0 Å². The Morgan fingerprint density at radius 1 is 1.04 bits per heavy atom. The van der Waals surface area contributed by atoms with Crippen molar-refractivity contribution in [2.24, 2.45) is 0 Å². The molecule has 2 aromatic carbocycles. The van der Waals surface area contributed by atoms with Crippen molar-refractivity contribution in [3.8, 4) is 11.5 Å². The van der Waals surface area contributed by atoms with Crippen LogP contribution in [0.15, 0.2) is 36.4 Å². The number of amides is 1. The summed E-state index contributed by atoms with van der Waals surface area (Å²) < 4.78 is 15.5. The average molecular weight is 336 g/mol. The van der Waals surface area contributed by atoms with Crippen molar-refractivity contribution in [2.75, 3.05) is 26.6 Å². The molecule has 2 rings (SSSR count). The van der Waals surface area contributed by atoms with Gasteiger partial charge in [0.05, 0.1) is 31.5 Å². The molecule has 23 heavy (non-hydrogen) atoms. The molecule has 122 valence electrons. The average Bonchev–Trinajstić information content (AvgIpc) is 2.56. The van der Waals surface area contributed by atoms with Crippen LogP contribution < -0.4 is 14.8 Å². The van der Waals surface area contributed by atoms with Crippen LogP contribution in [0.1, 0.15) is 15.9 Å². The van der Waals surface area contributed by atoms with Gasteiger partial charge in [0.2, 0.25) is 0 Å². The summed E-state index contributed by atoms with van der Waals surface area (Å²) in [4.78, 5) is 12.4. The van der Waals surface area contributed by atoms with E-state index >= 15 is 0 Å². The number of carbonyl (C=O) groups is 1. The zero-order valence-electron chi connectivity index (χ0n) is 13.2. The Hall–Kier alpha value is -2.24. The molecule has 0 aliphatic rings. The summed E-state index contributed by atoms with van der Waals surface area (Å²) in [6.45, 7) is 0.504. The smallest absolute Gasteiger partial charge is 0.255 e. The molecule has 1 amide bonds. The second kappa shape index (κ2) is 7.85. The number of hydrogen-bond donors (Lipinski definition) is 1. The van der Waals surface area contributed by atoms with Crippen molar-refractivity contribution in [3.63, 3.8) is 0 Å². The number of anilines is 1. The van der Waals surface area contributed by atoms with Crippen molar-refractivity contribution >= 4 is 23.2 Å². The van der Waals surface area contributed by atoms with Gasteiger partial charge in [-0.3, -0.25) is 4.79 Å². The summed E-state index contributed by atoms with van der Waals surface area (Å²) in [6, 6.07) is 10.4. The van der Waals surface area contributed by atoms with Crippen LogP contribution in [0.2, 0.25) is 5.02 Å². The van der Waals surface area contributed by atoms with Crippen LogP contribution in [0, 0.1) is 0 Å². The van der Waals surface area contributed by atoms with Crippen LogP contribution >= 0.6 is 11.6 Å². The topological polar surface area (TPSA) is 56.8 Å². The van der Waals surface area contributed by atoms with Gasteiger partial charge in [0, 0.05) is 24.8 Å². The summed E-state index contributed by atoms with van der Waals surface area (Å²) in [7, 11) is 4.64. The van der Waals surface area contributed by atoms with Crippen LogP contribution in [0.4, 0.5) is 5.69 Å². The monoisotopic (exact) mass is 335 g/mol. The lowest BCUT2D eigenvalue weighted by atomic mass is 10.1. The van der Waals surface area contributed by atoms with Crippen LogP contribution in [-0.2, 0) is 11.3 Å². The van der Waals surface area contributed by atoms with Crippen LogP contribution in [0.25, 0.3) is 0 Å². The predicted octanol–water partition coefficient (Wildman–Crippen LogP) is 3.76. The number of hydrogen-bond acceptors (Lipinski definition) is 4. The minimum Gasteiger partial charge on any atom is -0.495 e. The van der Waals surface area contributed by atoms with Gasteiger partial charge in [-0.15, -0.1) is 0 Å². The number of nitrogens with one attached hydrogen (secondary N) is 1. The third-order valence-electron chi connectivity index (χ3n) is 3.25. The first-order valence-corrected chi connectivity index (χ1v) is 7.27. The van der Waals surface area contributed by atoms with E-state index in [1.807, 2.05) is 12.1 Å². The summed E-state index contributed by atoms with van der Waals surface area (Å²) in [5, 5.41) is 3.21. The summed E-state index contributed by atoms with van der Waals surface area (Å²) in [5.74, 6) is 0.662. The SMILES string of the molecule is COCc1ccc(C(=O)Nc2cc(OC)c(Cl)cc2OC)cc1. The Balaban J connectivity index is 2.22. The lowest BCUT2D eigenvalue weighted by molar-refractivity contribution is 0.102. The maximum Gasteiger partial charge on any atom is 0.255 e. The zero-order valence-corrected chi connectivity index (χ0v) is 13.9. The number of halogens is 1. The van der Waals surface area contributed by atoms with E-state index in [1.165, 1.54) is 14.2 Å². The van der Waals surface area contributed by atoms with Gasteiger partial charge >= 0.3 is 0 Å². The van der Waals surface area contributed by atoms with Crippen molar-refractivity contribution in [2.45, 2.75) is 6.61 Å². The van der Waals surface area contributed by atoms with E-state index in [0.717, 1.165) is 5.56 Å². The second-order valence-electron chi connectivity index (χ2n) is 4.77. The molecular weight excluding hydrogens is 318 g/mol. The van der Waals surface area contributed by atoms with Gasteiger partial charge < -0.3 is 19.5 Å². The van der Waals surface area contributed by atoms with Crippen LogP contribution in [-0.4, -0.2) is 27.2 Å². The van der Waals surface area contributed by atoms with Gasteiger partial charge in [0.1, 0.15) is 11.5 Å². The third kappa shape index (κ3) is 4.15. The molecular formula is C17H18ClNO4. The third-order valence-corrected chi connectivity index (χ3v) is 3.54. The number of rotatable bonds is 6. The lowest BCUT2D eigenvalue weighted by Gasteiger charge is -2.13. The highest BCUT2D eigenvalue weighted by Crippen LogP contribution is 2.36. The molecule has 2 aromatic rings. The van der Waals surface area contributed by atoms with Gasteiger partial charge in [-0.25, -0.2) is 0 Å².